The van der Waals surface area contributed by atoms with Gasteiger partial charge >= 0.3 is 5.97 Å². The van der Waals surface area contributed by atoms with E-state index in [4.69, 9.17) is 5.26 Å². The Morgan fingerprint density at radius 2 is 2.26 bits per heavy atom. The van der Waals surface area contributed by atoms with Gasteiger partial charge in [-0.15, -0.1) is 0 Å². The number of rotatable bonds is 3. The molecule has 2 aliphatic carbocycles. The normalized spacial score (nSPS) is 31.9. The molecule has 0 aliphatic heterocycles. The van der Waals surface area contributed by atoms with Crippen LogP contribution in [-0.4, -0.2) is 22.1 Å². The summed E-state index contributed by atoms with van der Waals surface area (Å²) in [6.07, 6.45) is 4.64. The van der Waals surface area contributed by atoms with Crippen molar-refractivity contribution in [2.75, 3.05) is 5.32 Å². The number of carboxylic acids is 1. The van der Waals surface area contributed by atoms with Gasteiger partial charge in [0.1, 0.15) is 6.07 Å². The number of carboxylic acid groups (broad SMARTS) is 1. The summed E-state index contributed by atoms with van der Waals surface area (Å²) >= 11 is 0. The molecule has 3 rings (SSSR count). The number of nitrogens with zero attached hydrogens (tertiary/aromatic N) is 2. The zero-order chi connectivity index (χ0) is 13.4. The van der Waals surface area contributed by atoms with Crippen molar-refractivity contribution in [3.05, 3.63) is 24.0 Å². The van der Waals surface area contributed by atoms with Crippen molar-refractivity contribution in [2.24, 2.45) is 17.8 Å². The number of hydrogen-bond donors (Lipinski definition) is 2. The molecule has 4 atom stereocenters. The maximum Gasteiger partial charge on any atom is 0.308 e. The summed E-state index contributed by atoms with van der Waals surface area (Å²) in [6, 6.07) is 5.50. The molecule has 1 aromatic rings. The molecule has 98 valence electrons. The third-order valence-corrected chi connectivity index (χ3v) is 4.44. The van der Waals surface area contributed by atoms with Crippen LogP contribution in [0.15, 0.2) is 18.3 Å². The molecule has 5 nitrogen and oxygen atoms in total. The van der Waals surface area contributed by atoms with Crippen LogP contribution in [0.25, 0.3) is 0 Å². The molecule has 4 unspecified atom stereocenters. The minimum absolute atomic E-state index is 0.0763. The highest BCUT2D eigenvalue weighted by molar-refractivity contribution is 5.73. The topological polar surface area (TPSA) is 86.0 Å². The summed E-state index contributed by atoms with van der Waals surface area (Å²) in [5.41, 5.74) is 0.975. The van der Waals surface area contributed by atoms with Crippen molar-refractivity contribution in [1.29, 1.82) is 5.26 Å². The number of nitrogens with one attached hydrogen (secondary N) is 1. The Kier molecular flexibility index (Phi) is 2.86. The van der Waals surface area contributed by atoms with Gasteiger partial charge in [-0.3, -0.25) is 4.79 Å². The predicted octanol–water partition coefficient (Wildman–Crippen LogP) is 1.86. The number of pyridine rings is 1. The predicted molar refractivity (Wildman–Crippen MR) is 68.3 cm³/mol. The summed E-state index contributed by atoms with van der Waals surface area (Å²) in [5.74, 6) is -0.391. The van der Waals surface area contributed by atoms with Crippen LogP contribution in [0.2, 0.25) is 0 Å². The maximum absolute atomic E-state index is 11.4. The molecule has 1 heterocycles. The lowest BCUT2D eigenvalue weighted by Crippen LogP contribution is -2.39. The van der Waals surface area contributed by atoms with Gasteiger partial charge in [-0.25, -0.2) is 4.98 Å². The first-order valence-electron chi connectivity index (χ1n) is 6.55. The van der Waals surface area contributed by atoms with E-state index in [0.717, 1.165) is 19.3 Å². The fourth-order valence-electron chi connectivity index (χ4n) is 3.64. The molecule has 0 saturated heterocycles. The lowest BCUT2D eigenvalue weighted by atomic mass is 9.84. The quantitative estimate of drug-likeness (QED) is 0.863. The molecule has 19 heavy (non-hydrogen) atoms. The fraction of sp³-hybridized carbons (Fsp3) is 0.500. The van der Waals surface area contributed by atoms with E-state index in [2.05, 4.69) is 10.3 Å². The average Bonchev–Trinajstić information content (AvgIpc) is 3.00. The summed E-state index contributed by atoms with van der Waals surface area (Å²) in [5, 5.41) is 21.7. The number of carbonyl (C=O) groups is 1. The van der Waals surface area contributed by atoms with Crippen LogP contribution in [0.3, 0.4) is 0 Å². The molecular formula is C14H15N3O2. The minimum Gasteiger partial charge on any atom is -0.481 e. The smallest absolute Gasteiger partial charge is 0.308 e. The van der Waals surface area contributed by atoms with E-state index < -0.39 is 5.97 Å². The van der Waals surface area contributed by atoms with E-state index in [1.54, 1.807) is 18.3 Å². The van der Waals surface area contributed by atoms with E-state index in [9.17, 15) is 9.90 Å². The van der Waals surface area contributed by atoms with Gasteiger partial charge in [-0.05, 0) is 43.2 Å². The van der Waals surface area contributed by atoms with Crippen molar-refractivity contribution < 1.29 is 9.90 Å². The third-order valence-electron chi connectivity index (χ3n) is 4.44. The second kappa shape index (κ2) is 4.54. The van der Waals surface area contributed by atoms with Gasteiger partial charge in [0.15, 0.2) is 5.69 Å². The SMILES string of the molecule is N#Cc1ncccc1NC1C2CCC(C2)C1C(=O)O. The van der Waals surface area contributed by atoms with Gasteiger partial charge < -0.3 is 10.4 Å². The van der Waals surface area contributed by atoms with Crippen LogP contribution < -0.4 is 5.32 Å². The van der Waals surface area contributed by atoms with Crippen LogP contribution >= 0.6 is 0 Å². The summed E-state index contributed by atoms with van der Waals surface area (Å²) in [4.78, 5) is 15.4. The first-order chi connectivity index (χ1) is 9.20. The molecule has 0 aromatic carbocycles. The Morgan fingerprint density at radius 1 is 1.47 bits per heavy atom. The molecular weight excluding hydrogens is 242 g/mol. The average molecular weight is 257 g/mol. The molecule has 2 aliphatic rings. The van der Waals surface area contributed by atoms with Gasteiger partial charge in [0.25, 0.3) is 0 Å². The van der Waals surface area contributed by atoms with Crippen LogP contribution in [0, 0.1) is 29.1 Å². The highest BCUT2D eigenvalue weighted by Gasteiger charge is 2.51. The minimum atomic E-state index is -0.730. The van der Waals surface area contributed by atoms with E-state index in [1.807, 2.05) is 6.07 Å². The second-order valence-electron chi connectivity index (χ2n) is 5.38. The number of fused-ring (bicyclic) bond motifs is 2. The highest BCUT2D eigenvalue weighted by Crippen LogP contribution is 2.49. The Bertz CT molecular complexity index is 552. The molecule has 0 spiro atoms. The summed E-state index contributed by atoms with van der Waals surface area (Å²) < 4.78 is 0. The summed E-state index contributed by atoms with van der Waals surface area (Å²) in [6.45, 7) is 0. The molecule has 5 heteroatoms. The number of anilines is 1. The largest absolute Gasteiger partial charge is 0.481 e. The molecule has 0 radical (unpaired) electrons. The monoisotopic (exact) mass is 257 g/mol. The van der Waals surface area contributed by atoms with E-state index >= 15 is 0 Å². The van der Waals surface area contributed by atoms with Crippen LogP contribution in [0.1, 0.15) is 25.0 Å². The fourth-order valence-corrected chi connectivity index (χ4v) is 3.64. The van der Waals surface area contributed by atoms with Crippen LogP contribution in [-0.2, 0) is 4.79 Å². The Hall–Kier alpha value is -2.09. The van der Waals surface area contributed by atoms with Gasteiger partial charge in [0.05, 0.1) is 11.6 Å². The van der Waals surface area contributed by atoms with E-state index in [-0.39, 0.29) is 17.9 Å². The lowest BCUT2D eigenvalue weighted by molar-refractivity contribution is -0.143. The number of nitriles is 1. The number of aromatic nitrogens is 1. The van der Waals surface area contributed by atoms with Gasteiger partial charge in [0, 0.05) is 12.2 Å². The third kappa shape index (κ3) is 1.93. The molecule has 2 N–H and O–H groups in total. The molecule has 0 amide bonds. The molecule has 2 bridgehead atoms. The van der Waals surface area contributed by atoms with Crippen molar-refractivity contribution in [1.82, 2.24) is 4.98 Å². The summed E-state index contributed by atoms with van der Waals surface area (Å²) in [7, 11) is 0. The van der Waals surface area contributed by atoms with Crippen LogP contribution in [0.4, 0.5) is 5.69 Å². The van der Waals surface area contributed by atoms with Crippen molar-refractivity contribution in [2.45, 2.75) is 25.3 Å². The van der Waals surface area contributed by atoms with Gasteiger partial charge in [0.2, 0.25) is 0 Å². The first kappa shape index (κ1) is 12.0. The lowest BCUT2D eigenvalue weighted by Gasteiger charge is -2.29. The Balaban J connectivity index is 1.86. The van der Waals surface area contributed by atoms with E-state index in [1.165, 1.54) is 0 Å². The number of aliphatic carboxylic acids is 1. The molecule has 2 fully saturated rings. The maximum atomic E-state index is 11.4. The molecule has 2 saturated carbocycles. The zero-order valence-corrected chi connectivity index (χ0v) is 10.4. The van der Waals surface area contributed by atoms with Crippen molar-refractivity contribution >= 4 is 11.7 Å². The Labute approximate surface area is 111 Å². The van der Waals surface area contributed by atoms with E-state index in [0.29, 0.717) is 17.3 Å². The standard InChI is InChI=1S/C14H15N3O2/c15-7-11-10(2-1-5-16-11)17-13-9-4-3-8(6-9)12(13)14(18)19/h1-2,5,8-9,12-13,17H,3-4,6H2,(H,18,19). The van der Waals surface area contributed by atoms with Gasteiger partial charge in [-0.1, -0.05) is 0 Å². The molecule has 1 aromatic heterocycles. The van der Waals surface area contributed by atoms with Crippen molar-refractivity contribution in [3.8, 4) is 6.07 Å². The zero-order valence-electron chi connectivity index (χ0n) is 10.4. The first-order valence-corrected chi connectivity index (χ1v) is 6.55. The Morgan fingerprint density at radius 3 is 3.00 bits per heavy atom. The highest BCUT2D eigenvalue weighted by atomic mass is 16.4. The second-order valence-corrected chi connectivity index (χ2v) is 5.38. The van der Waals surface area contributed by atoms with Crippen LogP contribution in [0.5, 0.6) is 0 Å². The van der Waals surface area contributed by atoms with Gasteiger partial charge in [-0.2, -0.15) is 5.26 Å². The number of hydrogen-bond acceptors (Lipinski definition) is 4. The van der Waals surface area contributed by atoms with Crippen molar-refractivity contribution in [3.63, 3.8) is 0 Å².